The minimum Gasteiger partial charge on any atom is -0.456 e. The minimum atomic E-state index is -0.824. The molecular formula is C44H28O. The van der Waals surface area contributed by atoms with Crippen molar-refractivity contribution in [1.29, 1.82) is 0 Å². The van der Waals surface area contributed by atoms with E-state index in [0.717, 1.165) is 11.1 Å². The van der Waals surface area contributed by atoms with Gasteiger partial charge in [-0.1, -0.05) is 151 Å². The van der Waals surface area contributed by atoms with E-state index in [1.54, 1.807) is 24.3 Å². The Morgan fingerprint density at radius 1 is 0.378 bits per heavy atom. The molecule has 0 aliphatic heterocycles. The van der Waals surface area contributed by atoms with Crippen molar-refractivity contribution >= 4 is 43.5 Å². The van der Waals surface area contributed by atoms with Gasteiger partial charge in [-0.25, -0.2) is 0 Å². The first kappa shape index (κ1) is 13.8. The van der Waals surface area contributed by atoms with Gasteiger partial charge >= 0.3 is 0 Å². The first-order valence-electron chi connectivity index (χ1n) is 22.6. The Morgan fingerprint density at radius 3 is 1.47 bits per heavy atom. The average molecular weight is 590 g/mol. The molecule has 1 heterocycles. The fraction of sp³-hybridized carbons (Fsp3) is 0. The Morgan fingerprint density at radius 2 is 0.867 bits per heavy atom. The van der Waals surface area contributed by atoms with Crippen LogP contribution in [0.2, 0.25) is 0 Å². The number of hydrogen-bond donors (Lipinski definition) is 0. The van der Waals surface area contributed by atoms with E-state index in [2.05, 4.69) is 0 Å². The van der Waals surface area contributed by atoms with Crippen molar-refractivity contribution < 1.29 is 27.7 Å². The fourth-order valence-corrected chi connectivity index (χ4v) is 6.04. The summed E-state index contributed by atoms with van der Waals surface area (Å²) >= 11 is 0. The first-order valence-corrected chi connectivity index (χ1v) is 14.1. The van der Waals surface area contributed by atoms with Crippen molar-refractivity contribution in [3.8, 4) is 44.5 Å². The van der Waals surface area contributed by atoms with Crippen LogP contribution >= 0.6 is 0 Å². The van der Waals surface area contributed by atoms with Crippen LogP contribution in [0, 0.1) is 0 Å². The molecule has 1 aromatic heterocycles. The van der Waals surface area contributed by atoms with E-state index < -0.39 is 147 Å². The van der Waals surface area contributed by atoms with Gasteiger partial charge in [0.05, 0.1) is 23.3 Å². The summed E-state index contributed by atoms with van der Waals surface area (Å²) in [5.74, 6) is 0. The molecule has 0 saturated heterocycles. The highest BCUT2D eigenvalue weighted by Gasteiger charge is 2.19. The van der Waals surface area contributed by atoms with Crippen molar-refractivity contribution in [2.45, 2.75) is 0 Å². The lowest BCUT2D eigenvalue weighted by Crippen LogP contribution is -1.91. The van der Waals surface area contributed by atoms with Gasteiger partial charge in [-0.15, -0.1) is 0 Å². The number of furan rings is 1. The molecule has 9 aromatic rings. The third kappa shape index (κ3) is 4.09. The highest BCUT2D eigenvalue weighted by atomic mass is 16.3. The predicted octanol–water partition coefficient (Wildman–Crippen LogP) is 12.6. The van der Waals surface area contributed by atoms with Gasteiger partial charge < -0.3 is 4.42 Å². The van der Waals surface area contributed by atoms with Gasteiger partial charge in [0.15, 0.2) is 0 Å². The van der Waals surface area contributed by atoms with E-state index in [0.29, 0.717) is 21.9 Å². The van der Waals surface area contributed by atoms with E-state index in [1.165, 1.54) is 0 Å². The smallest absolute Gasteiger partial charge is 0.136 e. The quantitative estimate of drug-likeness (QED) is 0.186. The van der Waals surface area contributed by atoms with Crippen LogP contribution in [0.1, 0.15) is 23.3 Å². The SMILES string of the molecule is [2H]c1c([2H])c([2H])c(-c2c3c([2H])c([2H])c([2H])c([2H])c3c(-c3c([2H])c([2H])c([2H])c(-c4cccc5oc6cccc(-c7ccccc7)c6c45)c3[2H])c3c([2H])c([2H])c([2H])c([2H])c23)c([2H])c1[2H]. The van der Waals surface area contributed by atoms with Crippen LogP contribution in [0.3, 0.4) is 0 Å². The zero-order valence-electron chi connectivity index (χ0n) is 40.3. The number of hydrogen-bond acceptors (Lipinski definition) is 1. The van der Waals surface area contributed by atoms with E-state index in [4.69, 9.17) is 16.8 Å². The van der Waals surface area contributed by atoms with Crippen molar-refractivity contribution in [1.82, 2.24) is 0 Å². The van der Waals surface area contributed by atoms with Gasteiger partial charge in [0.25, 0.3) is 0 Å². The van der Waals surface area contributed by atoms with Crippen molar-refractivity contribution in [2.75, 3.05) is 0 Å². The van der Waals surface area contributed by atoms with Gasteiger partial charge in [0.2, 0.25) is 0 Å². The minimum absolute atomic E-state index is 0.185. The average Bonchev–Trinajstić information content (AvgIpc) is 3.66. The second kappa shape index (κ2) is 10.4. The summed E-state index contributed by atoms with van der Waals surface area (Å²) in [5.41, 5.74) is 0.375. The predicted molar refractivity (Wildman–Crippen MR) is 190 cm³/mol. The van der Waals surface area contributed by atoms with Crippen LogP contribution in [0.15, 0.2) is 174 Å². The summed E-state index contributed by atoms with van der Waals surface area (Å²) in [4.78, 5) is 0. The lowest BCUT2D eigenvalue weighted by atomic mass is 9.85. The maximum atomic E-state index is 9.94. The molecule has 0 radical (unpaired) electrons. The summed E-state index contributed by atoms with van der Waals surface area (Å²) in [6, 6.07) is 6.69. The highest BCUT2D eigenvalue weighted by molar-refractivity contribution is 6.22. The molecule has 0 bridgehead atoms. The van der Waals surface area contributed by atoms with Crippen LogP contribution in [-0.4, -0.2) is 0 Å². The summed E-state index contributed by atoms with van der Waals surface area (Å²) < 4.78 is 159. The van der Waals surface area contributed by atoms with Crippen molar-refractivity contribution in [3.05, 3.63) is 169 Å². The first-order chi connectivity index (χ1) is 29.4. The molecule has 1 nitrogen and oxygen atoms in total. The normalized spacial score (nSPS) is 16.8. The van der Waals surface area contributed by atoms with Crippen LogP contribution in [0.5, 0.6) is 0 Å². The molecule has 0 aliphatic rings. The van der Waals surface area contributed by atoms with Gasteiger partial charge in [0.1, 0.15) is 11.2 Å². The van der Waals surface area contributed by atoms with Crippen molar-refractivity contribution in [3.63, 3.8) is 0 Å². The highest BCUT2D eigenvalue weighted by Crippen LogP contribution is 2.46. The third-order valence-electron chi connectivity index (χ3n) is 7.88. The number of rotatable bonds is 4. The third-order valence-corrected chi connectivity index (χ3v) is 7.88. The summed E-state index contributed by atoms with van der Waals surface area (Å²) in [7, 11) is 0. The van der Waals surface area contributed by atoms with Crippen molar-refractivity contribution in [2.24, 2.45) is 0 Å². The molecule has 0 fully saturated rings. The Labute approximate surface area is 285 Å². The van der Waals surface area contributed by atoms with Crippen LogP contribution in [-0.2, 0) is 0 Å². The fourth-order valence-electron chi connectivity index (χ4n) is 6.04. The molecule has 9 rings (SSSR count). The lowest BCUT2D eigenvalue weighted by Gasteiger charge is -2.18. The van der Waals surface area contributed by atoms with E-state index >= 15 is 0 Å². The summed E-state index contributed by atoms with van der Waals surface area (Å²) in [5, 5.41) is -0.952. The molecule has 0 aliphatic carbocycles. The monoisotopic (exact) mass is 589 g/mol. The number of fused-ring (bicyclic) bond motifs is 5. The molecular weight excluding hydrogens is 544 g/mol. The largest absolute Gasteiger partial charge is 0.456 e. The molecule has 0 spiro atoms. The Hall–Kier alpha value is -5.92. The Bertz CT molecular complexity index is 3380. The molecule has 8 aromatic carbocycles. The Kier molecular flexibility index (Phi) is 3.18. The summed E-state index contributed by atoms with van der Waals surface area (Å²) in [6.45, 7) is 0. The zero-order chi connectivity index (χ0) is 44.5. The summed E-state index contributed by atoms with van der Waals surface area (Å²) in [6.07, 6.45) is 0. The Balaban J connectivity index is 1.55. The molecule has 210 valence electrons. The van der Waals surface area contributed by atoms with E-state index in [9.17, 15) is 11.0 Å². The number of benzene rings is 8. The molecule has 0 unspecified atom stereocenters. The van der Waals surface area contributed by atoms with Crippen LogP contribution < -0.4 is 0 Å². The van der Waals surface area contributed by atoms with E-state index in [-0.39, 0.29) is 11.1 Å². The standard InChI is InChI=1S/C44H28O/c1-3-14-29(15-4-1)33-24-12-26-39-43(33)44-34(25-13-27-40(44)45-39)31-18-11-19-32(28-31)42-37-22-9-7-20-35(37)41(30-16-5-2-6-17-30)36-21-8-10-23-38(36)42/h1-28H/i2D,5D,6D,7D,8D,9D,10D,11D,16D,17D,18D,19D,20D,21D,22D,23D,28D. The zero-order valence-corrected chi connectivity index (χ0v) is 23.3. The molecule has 0 amide bonds. The maximum absolute atomic E-state index is 9.94. The molecule has 1 heteroatoms. The van der Waals surface area contributed by atoms with Crippen LogP contribution in [0.4, 0.5) is 0 Å². The van der Waals surface area contributed by atoms with Gasteiger partial charge in [-0.3, -0.25) is 0 Å². The molecule has 0 saturated carbocycles. The maximum Gasteiger partial charge on any atom is 0.136 e. The topological polar surface area (TPSA) is 13.1 Å². The van der Waals surface area contributed by atoms with Gasteiger partial charge in [-0.05, 0) is 84.2 Å². The lowest BCUT2D eigenvalue weighted by molar-refractivity contribution is 0.669. The van der Waals surface area contributed by atoms with Gasteiger partial charge in [0, 0.05) is 10.8 Å². The van der Waals surface area contributed by atoms with Gasteiger partial charge in [-0.2, -0.15) is 0 Å². The molecule has 45 heavy (non-hydrogen) atoms. The second-order valence-electron chi connectivity index (χ2n) is 10.3. The molecule has 0 atom stereocenters. The second-order valence-corrected chi connectivity index (χ2v) is 10.3. The molecule has 0 N–H and O–H groups in total. The van der Waals surface area contributed by atoms with E-state index in [1.807, 2.05) is 42.5 Å². The van der Waals surface area contributed by atoms with Crippen LogP contribution in [0.25, 0.3) is 88.0 Å².